The van der Waals surface area contributed by atoms with Crippen LogP contribution in [0.5, 0.6) is 0 Å². The van der Waals surface area contributed by atoms with Gasteiger partial charge in [0.1, 0.15) is 6.04 Å². The standard InChI is InChI=1S/C12H24N2O5S/c1-10(2)19-9-8-13(3)20(17,18)14-7-5-4-6-11(14)12(15)16/h10-11H,4-9H2,1-3H3,(H,15,16). The fourth-order valence-corrected chi connectivity index (χ4v) is 3.68. The van der Waals surface area contributed by atoms with Gasteiger partial charge in [-0.05, 0) is 33.1 Å². The molecule has 8 heteroatoms. The van der Waals surface area contributed by atoms with Crippen LogP contribution in [0, 0.1) is 0 Å². The number of aliphatic carboxylic acids is 1. The molecule has 118 valence electrons. The van der Waals surface area contributed by atoms with Gasteiger partial charge in [-0.15, -0.1) is 0 Å². The van der Waals surface area contributed by atoms with E-state index in [1.807, 2.05) is 13.8 Å². The number of rotatable bonds is 7. The van der Waals surface area contributed by atoms with Crippen LogP contribution in [0.3, 0.4) is 0 Å². The molecule has 1 rings (SSSR count). The highest BCUT2D eigenvalue weighted by Crippen LogP contribution is 2.22. The Balaban J connectivity index is 2.72. The van der Waals surface area contributed by atoms with Gasteiger partial charge in [0.2, 0.25) is 0 Å². The lowest BCUT2D eigenvalue weighted by Crippen LogP contribution is -2.53. The summed E-state index contributed by atoms with van der Waals surface area (Å²) in [5.41, 5.74) is 0. The number of hydrogen-bond donors (Lipinski definition) is 1. The Bertz CT molecular complexity index is 424. The van der Waals surface area contributed by atoms with Crippen LogP contribution in [-0.4, -0.2) is 67.0 Å². The number of carboxylic acid groups (broad SMARTS) is 1. The summed E-state index contributed by atoms with van der Waals surface area (Å²) in [5, 5.41) is 9.15. The number of hydrogen-bond acceptors (Lipinski definition) is 4. The molecular formula is C12H24N2O5S. The van der Waals surface area contributed by atoms with Gasteiger partial charge in [0.15, 0.2) is 0 Å². The summed E-state index contributed by atoms with van der Waals surface area (Å²) in [5.74, 6) is -1.08. The minimum Gasteiger partial charge on any atom is -0.480 e. The second kappa shape index (κ2) is 7.35. The van der Waals surface area contributed by atoms with Gasteiger partial charge in [-0.1, -0.05) is 0 Å². The Morgan fingerprint density at radius 3 is 2.65 bits per heavy atom. The first-order valence-corrected chi connectivity index (χ1v) is 8.24. The number of nitrogens with zero attached hydrogens (tertiary/aromatic N) is 2. The van der Waals surface area contributed by atoms with Crippen molar-refractivity contribution in [1.82, 2.24) is 8.61 Å². The smallest absolute Gasteiger partial charge is 0.322 e. The Labute approximate surface area is 120 Å². The zero-order chi connectivity index (χ0) is 15.3. The van der Waals surface area contributed by atoms with Crippen molar-refractivity contribution in [2.45, 2.75) is 45.3 Å². The highest BCUT2D eigenvalue weighted by Gasteiger charge is 2.38. The van der Waals surface area contributed by atoms with Crippen LogP contribution in [0.2, 0.25) is 0 Å². The highest BCUT2D eigenvalue weighted by atomic mass is 32.2. The molecule has 20 heavy (non-hydrogen) atoms. The van der Waals surface area contributed by atoms with Crippen molar-refractivity contribution < 1.29 is 23.1 Å². The molecule has 0 aromatic carbocycles. The SMILES string of the molecule is CC(C)OCCN(C)S(=O)(=O)N1CCCCC1C(=O)O. The van der Waals surface area contributed by atoms with Crippen molar-refractivity contribution >= 4 is 16.2 Å². The number of piperidine rings is 1. The molecule has 1 aliphatic rings. The summed E-state index contributed by atoms with van der Waals surface area (Å²) >= 11 is 0. The van der Waals surface area contributed by atoms with Crippen LogP contribution in [0.1, 0.15) is 33.1 Å². The number of likely N-dealkylation sites (N-methyl/N-ethyl adjacent to an activating group) is 1. The van der Waals surface area contributed by atoms with Crippen LogP contribution in [0.25, 0.3) is 0 Å². The molecule has 1 aliphatic heterocycles. The van der Waals surface area contributed by atoms with E-state index >= 15 is 0 Å². The molecule has 0 bridgehead atoms. The average molecular weight is 308 g/mol. The summed E-state index contributed by atoms with van der Waals surface area (Å²) in [6.07, 6.45) is 1.83. The first-order chi connectivity index (χ1) is 9.26. The van der Waals surface area contributed by atoms with Crippen LogP contribution in [0.4, 0.5) is 0 Å². The van der Waals surface area contributed by atoms with Gasteiger partial charge in [0.25, 0.3) is 10.2 Å². The van der Waals surface area contributed by atoms with Gasteiger partial charge in [0, 0.05) is 20.1 Å². The summed E-state index contributed by atoms with van der Waals surface area (Å²) < 4.78 is 32.4. The predicted molar refractivity (Wildman–Crippen MR) is 74.6 cm³/mol. The molecule has 0 saturated carbocycles. The summed E-state index contributed by atoms with van der Waals surface area (Å²) in [6.45, 7) is 4.51. The third kappa shape index (κ3) is 4.41. The number of ether oxygens (including phenoxy) is 1. The lowest BCUT2D eigenvalue weighted by atomic mass is 10.1. The largest absolute Gasteiger partial charge is 0.480 e. The van der Waals surface area contributed by atoms with Crippen molar-refractivity contribution in [2.24, 2.45) is 0 Å². The van der Waals surface area contributed by atoms with Crippen molar-refractivity contribution in [3.05, 3.63) is 0 Å². The molecule has 0 radical (unpaired) electrons. The molecule has 1 saturated heterocycles. The zero-order valence-corrected chi connectivity index (χ0v) is 13.1. The Kier molecular flexibility index (Phi) is 6.38. The first-order valence-electron chi connectivity index (χ1n) is 6.84. The fourth-order valence-electron chi connectivity index (χ4n) is 2.14. The second-order valence-electron chi connectivity index (χ2n) is 5.21. The van der Waals surface area contributed by atoms with Gasteiger partial charge in [-0.3, -0.25) is 4.79 Å². The van der Waals surface area contributed by atoms with E-state index in [9.17, 15) is 13.2 Å². The zero-order valence-electron chi connectivity index (χ0n) is 12.3. The molecule has 0 aromatic heterocycles. The third-order valence-corrected chi connectivity index (χ3v) is 5.29. The van der Waals surface area contributed by atoms with Crippen molar-refractivity contribution in [3.8, 4) is 0 Å². The summed E-state index contributed by atoms with van der Waals surface area (Å²) in [6, 6.07) is -0.956. The van der Waals surface area contributed by atoms with Crippen LogP contribution in [-0.2, 0) is 19.7 Å². The lowest BCUT2D eigenvalue weighted by Gasteiger charge is -2.34. The fraction of sp³-hybridized carbons (Fsp3) is 0.917. The van der Waals surface area contributed by atoms with Crippen LogP contribution < -0.4 is 0 Å². The highest BCUT2D eigenvalue weighted by molar-refractivity contribution is 7.86. The molecule has 1 unspecified atom stereocenters. The van der Waals surface area contributed by atoms with E-state index in [4.69, 9.17) is 9.84 Å². The molecule has 7 nitrogen and oxygen atoms in total. The lowest BCUT2D eigenvalue weighted by molar-refractivity contribution is -0.142. The quantitative estimate of drug-likeness (QED) is 0.741. The molecule has 0 aromatic rings. The average Bonchev–Trinajstić information content (AvgIpc) is 2.38. The van der Waals surface area contributed by atoms with E-state index in [0.29, 0.717) is 19.4 Å². The summed E-state index contributed by atoms with van der Waals surface area (Å²) in [7, 11) is -2.30. The van der Waals surface area contributed by atoms with E-state index in [0.717, 1.165) is 15.0 Å². The molecule has 0 spiro atoms. The minimum atomic E-state index is -3.75. The minimum absolute atomic E-state index is 0.0351. The van der Waals surface area contributed by atoms with Gasteiger partial charge < -0.3 is 9.84 Å². The first kappa shape index (κ1) is 17.4. The van der Waals surface area contributed by atoms with Crippen molar-refractivity contribution in [1.29, 1.82) is 0 Å². The van der Waals surface area contributed by atoms with E-state index in [1.54, 1.807) is 0 Å². The monoisotopic (exact) mass is 308 g/mol. The van der Waals surface area contributed by atoms with Crippen LogP contribution >= 0.6 is 0 Å². The van der Waals surface area contributed by atoms with Gasteiger partial charge in [0.05, 0.1) is 12.7 Å². The Morgan fingerprint density at radius 2 is 2.10 bits per heavy atom. The maximum Gasteiger partial charge on any atom is 0.322 e. The Morgan fingerprint density at radius 1 is 1.45 bits per heavy atom. The molecule has 0 amide bonds. The van der Waals surface area contributed by atoms with E-state index < -0.39 is 22.2 Å². The maximum absolute atomic E-state index is 12.4. The molecule has 1 N–H and O–H groups in total. The molecule has 1 heterocycles. The molecular weight excluding hydrogens is 284 g/mol. The number of carbonyl (C=O) groups is 1. The van der Waals surface area contributed by atoms with Crippen LogP contribution in [0.15, 0.2) is 0 Å². The Hall–Kier alpha value is -0.700. The predicted octanol–water partition coefficient (Wildman–Crippen LogP) is 0.527. The van der Waals surface area contributed by atoms with Gasteiger partial charge >= 0.3 is 5.97 Å². The molecule has 0 aliphatic carbocycles. The van der Waals surface area contributed by atoms with E-state index in [-0.39, 0.29) is 19.2 Å². The normalized spacial score (nSPS) is 21.6. The second-order valence-corrected chi connectivity index (χ2v) is 7.20. The summed E-state index contributed by atoms with van der Waals surface area (Å²) in [4.78, 5) is 11.2. The maximum atomic E-state index is 12.4. The molecule has 1 atom stereocenters. The topological polar surface area (TPSA) is 87.2 Å². The van der Waals surface area contributed by atoms with Gasteiger partial charge in [-0.25, -0.2) is 0 Å². The molecule has 1 fully saturated rings. The van der Waals surface area contributed by atoms with E-state index in [2.05, 4.69) is 0 Å². The van der Waals surface area contributed by atoms with E-state index in [1.165, 1.54) is 7.05 Å². The van der Waals surface area contributed by atoms with Crippen molar-refractivity contribution in [3.63, 3.8) is 0 Å². The van der Waals surface area contributed by atoms with Gasteiger partial charge in [-0.2, -0.15) is 17.0 Å². The van der Waals surface area contributed by atoms with Crippen molar-refractivity contribution in [2.75, 3.05) is 26.7 Å². The number of carboxylic acids is 1. The third-order valence-electron chi connectivity index (χ3n) is 3.29.